The van der Waals surface area contributed by atoms with E-state index in [0.717, 1.165) is 40.4 Å². The van der Waals surface area contributed by atoms with Gasteiger partial charge in [0.25, 0.3) is 0 Å². The number of carbonyl (C=O) groups excluding carboxylic acids is 3. The van der Waals surface area contributed by atoms with Crippen LogP contribution in [0.1, 0.15) is 142 Å². The Hall–Kier alpha value is -2.89. The standard InChI is InChI=1S/C18H24BrNO2.C18H26ClNO3.C18H24ClNO2.B.2ClH.Ni/c1-5-10-18(13(2)3)11-12-20(17(21)22-18)14(4)15-6-8-16(19)9-7-15;1-13(2)18(9-4-12-21)10-11-20(17(22)23-18)14(3)15-5-7-16(19)8-6-15;1-5-10-18(13(2)3)11-12-20(17(21)22-18)14(4)15-6-8-16(19)9-7-15;;;;/h5-9,13-14H,1,10-12H2,2-4H3;5-8,13-14,21H,4,9-12H2,1-3H3;5-9,13-14H,1,10-12H2,2-4H3;;2*1H;/q;;;;;;+2/p-2/t3*14-,18?;;;;/m000..../s1. The molecule has 3 amide bonds. The fraction of sp³-hybridized carbons (Fsp3) is 0.537. The van der Waals surface area contributed by atoms with Crippen molar-refractivity contribution in [1.82, 2.24) is 14.7 Å². The molecule has 71 heavy (non-hydrogen) atoms. The Morgan fingerprint density at radius 2 is 0.873 bits per heavy atom. The van der Waals surface area contributed by atoms with E-state index < -0.39 is 16.8 Å². The third kappa shape index (κ3) is 17.6. The average molecular weight is 1170 g/mol. The van der Waals surface area contributed by atoms with Crippen LogP contribution >= 0.6 is 59.5 Å². The van der Waals surface area contributed by atoms with E-state index in [2.05, 4.69) is 70.6 Å². The van der Waals surface area contributed by atoms with Crippen LogP contribution < -0.4 is 0 Å². The predicted molar refractivity (Wildman–Crippen MR) is 292 cm³/mol. The van der Waals surface area contributed by atoms with Gasteiger partial charge in [-0.05, 0) is 104 Å². The van der Waals surface area contributed by atoms with Gasteiger partial charge in [-0.1, -0.05) is 129 Å². The van der Waals surface area contributed by atoms with Gasteiger partial charge in [-0.25, -0.2) is 14.4 Å². The van der Waals surface area contributed by atoms with Gasteiger partial charge in [0.15, 0.2) is 0 Å². The van der Waals surface area contributed by atoms with Crippen LogP contribution in [0.4, 0.5) is 14.4 Å². The van der Waals surface area contributed by atoms with Crippen molar-refractivity contribution in [2.24, 2.45) is 17.8 Å². The number of halogens is 5. The summed E-state index contributed by atoms with van der Waals surface area (Å²) < 4.78 is 18.6. The van der Waals surface area contributed by atoms with Crippen molar-refractivity contribution in [2.45, 2.75) is 142 Å². The molecular formula is C54H74BBrCl4N3NiO7. The number of hydrogen-bond acceptors (Lipinski definition) is 7. The average Bonchev–Trinajstić information content (AvgIpc) is 3.32. The van der Waals surface area contributed by atoms with Gasteiger partial charge in [-0.3, -0.25) is 0 Å². The maximum atomic E-state index is 12.6. The van der Waals surface area contributed by atoms with E-state index in [0.29, 0.717) is 68.0 Å². The van der Waals surface area contributed by atoms with Crippen molar-refractivity contribution >= 4 is 86.2 Å². The van der Waals surface area contributed by atoms with Crippen LogP contribution in [0, 0.1) is 17.8 Å². The van der Waals surface area contributed by atoms with Gasteiger partial charge in [-0.15, -0.1) is 13.2 Å². The number of carbonyl (C=O) groups is 3. The first-order valence-electron chi connectivity index (χ1n) is 24.0. The molecule has 6 rings (SSSR count). The normalized spacial score (nSPS) is 22.2. The van der Waals surface area contributed by atoms with Crippen LogP contribution in [0.25, 0.3) is 0 Å². The molecule has 0 spiro atoms. The van der Waals surface area contributed by atoms with Gasteiger partial charge < -0.3 is 34.0 Å². The summed E-state index contributed by atoms with van der Waals surface area (Å²) in [5.41, 5.74) is 1.92. The summed E-state index contributed by atoms with van der Waals surface area (Å²) in [4.78, 5) is 43.0. The molecule has 0 saturated carbocycles. The predicted octanol–water partition coefficient (Wildman–Crippen LogP) is 15.9. The molecule has 1 N–H and O–H groups in total. The van der Waals surface area contributed by atoms with Gasteiger partial charge in [-0.2, -0.15) is 0 Å². The molecule has 17 heteroatoms. The Bertz CT molecular complexity index is 2030. The van der Waals surface area contributed by atoms with E-state index in [1.165, 1.54) is 0 Å². The molecular weight excluding hydrogens is 1090 g/mol. The molecule has 0 bridgehead atoms. The summed E-state index contributed by atoms with van der Waals surface area (Å²) in [7, 11) is 9.40. The minimum atomic E-state index is -0.462. The fourth-order valence-electron chi connectivity index (χ4n) is 9.18. The molecule has 0 aliphatic carbocycles. The van der Waals surface area contributed by atoms with Crippen LogP contribution in [0.3, 0.4) is 0 Å². The molecule has 3 heterocycles. The fourth-order valence-corrected chi connectivity index (χ4v) is 9.70. The molecule has 10 nitrogen and oxygen atoms in total. The van der Waals surface area contributed by atoms with Crippen molar-refractivity contribution in [3.8, 4) is 0 Å². The van der Waals surface area contributed by atoms with Crippen molar-refractivity contribution in [1.29, 1.82) is 0 Å². The van der Waals surface area contributed by atoms with E-state index in [9.17, 15) is 14.4 Å². The van der Waals surface area contributed by atoms with Crippen LogP contribution in [-0.4, -0.2) is 89.5 Å². The molecule has 3 saturated heterocycles. The molecule has 6 atom stereocenters. The molecule has 3 fully saturated rings. The van der Waals surface area contributed by atoms with Gasteiger partial charge in [0.1, 0.15) is 16.8 Å². The number of aliphatic hydroxyl groups is 1. The minimum absolute atomic E-state index is 0. The Kier molecular flexibility index (Phi) is 27.6. The van der Waals surface area contributed by atoms with Gasteiger partial charge >= 0.3 is 51.3 Å². The van der Waals surface area contributed by atoms with Crippen LogP contribution in [-0.2, 0) is 26.9 Å². The SMILES string of the molecule is C=CCC1(C(C)C)CCN([C@@H](C)c2ccc(Br)cc2)C(=O)O1.C=CCC1(C(C)C)CCN([C@@H](C)c2ccc(Cl)cc2)C(=O)O1.CC(C)C1(CCCO)CCN([C@@H](C)c2ccc(Cl)cc2)C(=O)O1.[B].[Cl][Ni][Cl]. The van der Waals surface area contributed by atoms with Crippen LogP contribution in [0.2, 0.25) is 10.0 Å². The summed E-state index contributed by atoms with van der Waals surface area (Å²) in [6, 6.07) is 23.1. The summed E-state index contributed by atoms with van der Waals surface area (Å²) in [6.45, 7) is 28.4. The van der Waals surface area contributed by atoms with Gasteiger partial charge in [0.2, 0.25) is 0 Å². The first-order valence-corrected chi connectivity index (χ1v) is 28.3. The number of nitrogens with zero attached hydrogens (tertiary/aromatic N) is 3. The van der Waals surface area contributed by atoms with Gasteiger partial charge in [0.05, 0.1) is 18.1 Å². The molecule has 3 radical (unpaired) electrons. The van der Waals surface area contributed by atoms with E-state index >= 15 is 0 Å². The Balaban J connectivity index is 0.000000352. The zero-order chi connectivity index (χ0) is 52.4. The number of rotatable bonds is 16. The third-order valence-corrected chi connectivity index (χ3v) is 15.3. The summed E-state index contributed by atoms with van der Waals surface area (Å²) in [6.07, 6.45) is 8.14. The van der Waals surface area contributed by atoms with Crippen LogP contribution in [0.15, 0.2) is 103 Å². The number of ether oxygens (including phenoxy) is 3. The molecule has 3 aromatic carbocycles. The number of benzene rings is 3. The number of cyclic esters (lactones) is 3. The Labute approximate surface area is 459 Å². The summed E-state index contributed by atoms with van der Waals surface area (Å²) in [5.74, 6) is 0.771. The molecule has 3 aliphatic heterocycles. The number of amides is 3. The van der Waals surface area contributed by atoms with E-state index in [4.69, 9.17) is 62.9 Å². The van der Waals surface area contributed by atoms with E-state index in [1.54, 1.807) is 9.80 Å². The van der Waals surface area contributed by atoms with Crippen molar-refractivity contribution in [3.63, 3.8) is 0 Å². The molecule has 0 aromatic heterocycles. The van der Waals surface area contributed by atoms with Crippen molar-refractivity contribution in [2.75, 3.05) is 26.2 Å². The zero-order valence-corrected chi connectivity index (χ0v) is 48.4. The molecule has 3 aromatic rings. The summed E-state index contributed by atoms with van der Waals surface area (Å²) >= 11 is 15.9. The number of aliphatic hydroxyl groups excluding tert-OH is 1. The van der Waals surface area contributed by atoms with Crippen LogP contribution in [0.5, 0.6) is 0 Å². The molecule has 3 aliphatic rings. The maximum absolute atomic E-state index is 12.6. The number of hydrogen-bond donors (Lipinski definition) is 1. The van der Waals surface area contributed by atoms with Crippen molar-refractivity contribution in [3.05, 3.63) is 129 Å². The van der Waals surface area contributed by atoms with Crippen molar-refractivity contribution < 1.29 is 46.4 Å². The Morgan fingerprint density at radius 1 is 0.592 bits per heavy atom. The quantitative estimate of drug-likeness (QED) is 0.0864. The first kappa shape index (κ1) is 64.2. The second-order valence-corrected chi connectivity index (χ2v) is 22.6. The topological polar surface area (TPSA) is 109 Å². The first-order chi connectivity index (χ1) is 33.1. The third-order valence-electron chi connectivity index (χ3n) is 14.3. The second kappa shape index (κ2) is 30.5. The molecule has 3 unspecified atom stereocenters. The monoisotopic (exact) mass is 1160 g/mol. The van der Waals surface area contributed by atoms with Gasteiger partial charge in [0, 0.05) is 81.3 Å². The van der Waals surface area contributed by atoms with E-state index in [1.807, 2.05) is 111 Å². The second-order valence-electron chi connectivity index (χ2n) is 19.1. The Morgan fingerprint density at radius 3 is 1.14 bits per heavy atom. The van der Waals surface area contributed by atoms with E-state index in [-0.39, 0.29) is 69.2 Å². The zero-order valence-electron chi connectivity index (χ0n) is 42.8. The summed E-state index contributed by atoms with van der Waals surface area (Å²) in [5, 5.41) is 10.5. The molecule has 395 valence electrons.